The second kappa shape index (κ2) is 9.79. The Bertz CT molecular complexity index is 358. The SMILES string of the molecule is C=CCN(CCO)C(=O)N[C@@H](CCC(=O)OC)C(=O)O. The van der Waals surface area contributed by atoms with Crippen LogP contribution in [0.3, 0.4) is 0 Å². The zero-order chi connectivity index (χ0) is 15.5. The Kier molecular flexibility index (Phi) is 8.77. The predicted molar refractivity (Wildman–Crippen MR) is 70.1 cm³/mol. The number of ether oxygens (including phenoxy) is 1. The van der Waals surface area contributed by atoms with Gasteiger partial charge in [0.1, 0.15) is 6.04 Å². The molecule has 0 fully saturated rings. The lowest BCUT2D eigenvalue weighted by Crippen LogP contribution is -2.48. The van der Waals surface area contributed by atoms with Crippen molar-refractivity contribution in [2.75, 3.05) is 26.8 Å². The Balaban J connectivity index is 4.55. The van der Waals surface area contributed by atoms with Gasteiger partial charge in [-0.15, -0.1) is 6.58 Å². The predicted octanol–water partition coefficient (Wildman–Crippen LogP) is -0.417. The zero-order valence-electron chi connectivity index (χ0n) is 11.4. The Morgan fingerprint density at radius 2 is 2.10 bits per heavy atom. The van der Waals surface area contributed by atoms with Crippen LogP contribution in [-0.4, -0.2) is 65.9 Å². The summed E-state index contributed by atoms with van der Waals surface area (Å²) in [5, 5.41) is 20.1. The standard InChI is InChI=1S/C12H20N2O6/c1-3-6-14(7-8-15)12(19)13-9(11(17)18)4-5-10(16)20-2/h3,9,15H,1,4-8H2,2H3,(H,13,19)(H,17,18)/t9-/m0/s1. The number of carbonyl (C=O) groups is 3. The molecule has 114 valence electrons. The Hall–Kier alpha value is -2.09. The number of aliphatic hydroxyl groups is 1. The molecule has 0 saturated carbocycles. The van der Waals surface area contributed by atoms with Gasteiger partial charge in [0.05, 0.1) is 13.7 Å². The first-order chi connectivity index (χ1) is 9.46. The topological polar surface area (TPSA) is 116 Å². The van der Waals surface area contributed by atoms with Crippen molar-refractivity contribution >= 4 is 18.0 Å². The molecule has 0 aromatic rings. The number of nitrogens with one attached hydrogen (secondary N) is 1. The van der Waals surface area contributed by atoms with E-state index >= 15 is 0 Å². The summed E-state index contributed by atoms with van der Waals surface area (Å²) in [6.07, 6.45) is 1.27. The van der Waals surface area contributed by atoms with Crippen molar-refractivity contribution in [3.63, 3.8) is 0 Å². The van der Waals surface area contributed by atoms with Crippen LogP contribution in [0.25, 0.3) is 0 Å². The lowest BCUT2D eigenvalue weighted by atomic mass is 10.1. The van der Waals surface area contributed by atoms with E-state index in [2.05, 4.69) is 16.6 Å². The molecule has 0 spiro atoms. The lowest BCUT2D eigenvalue weighted by Gasteiger charge is -2.23. The molecule has 0 radical (unpaired) electrons. The maximum absolute atomic E-state index is 11.8. The minimum Gasteiger partial charge on any atom is -0.480 e. The summed E-state index contributed by atoms with van der Waals surface area (Å²) in [5.41, 5.74) is 0. The summed E-state index contributed by atoms with van der Waals surface area (Å²) in [6.45, 7) is 3.45. The molecule has 0 aliphatic rings. The molecule has 20 heavy (non-hydrogen) atoms. The van der Waals surface area contributed by atoms with Gasteiger partial charge in [0.25, 0.3) is 0 Å². The first-order valence-electron chi connectivity index (χ1n) is 6.03. The Labute approximate surface area is 117 Å². The van der Waals surface area contributed by atoms with E-state index in [1.54, 1.807) is 0 Å². The van der Waals surface area contributed by atoms with Crippen LogP contribution in [-0.2, 0) is 14.3 Å². The Morgan fingerprint density at radius 1 is 1.45 bits per heavy atom. The maximum atomic E-state index is 11.8. The number of hydrogen-bond acceptors (Lipinski definition) is 5. The molecule has 1 atom stereocenters. The summed E-state index contributed by atoms with van der Waals surface area (Å²) in [7, 11) is 1.20. The number of rotatable bonds is 9. The van der Waals surface area contributed by atoms with Crippen LogP contribution in [0.5, 0.6) is 0 Å². The summed E-state index contributed by atoms with van der Waals surface area (Å²) >= 11 is 0. The number of nitrogens with zero attached hydrogens (tertiary/aromatic N) is 1. The summed E-state index contributed by atoms with van der Waals surface area (Å²) in [4.78, 5) is 35.0. The number of carboxylic acids is 1. The van der Waals surface area contributed by atoms with Gasteiger partial charge < -0.3 is 25.2 Å². The second-order valence-electron chi connectivity index (χ2n) is 3.91. The molecular weight excluding hydrogens is 268 g/mol. The molecule has 3 N–H and O–H groups in total. The van der Waals surface area contributed by atoms with Crippen molar-refractivity contribution in [2.45, 2.75) is 18.9 Å². The van der Waals surface area contributed by atoms with Gasteiger partial charge >= 0.3 is 18.0 Å². The quantitative estimate of drug-likeness (QED) is 0.392. The average molecular weight is 288 g/mol. The number of urea groups is 1. The van der Waals surface area contributed by atoms with E-state index in [1.165, 1.54) is 18.1 Å². The van der Waals surface area contributed by atoms with E-state index in [-0.39, 0.29) is 32.5 Å². The van der Waals surface area contributed by atoms with Crippen LogP contribution in [0, 0.1) is 0 Å². The van der Waals surface area contributed by atoms with Crippen molar-refractivity contribution in [1.82, 2.24) is 10.2 Å². The van der Waals surface area contributed by atoms with Crippen molar-refractivity contribution in [1.29, 1.82) is 0 Å². The van der Waals surface area contributed by atoms with E-state index in [9.17, 15) is 14.4 Å². The molecule has 0 rings (SSSR count). The highest BCUT2D eigenvalue weighted by Gasteiger charge is 2.23. The monoisotopic (exact) mass is 288 g/mol. The average Bonchev–Trinajstić information content (AvgIpc) is 2.42. The molecule has 0 unspecified atom stereocenters. The van der Waals surface area contributed by atoms with Gasteiger partial charge in [-0.05, 0) is 6.42 Å². The lowest BCUT2D eigenvalue weighted by molar-refractivity contribution is -0.142. The molecule has 0 aromatic carbocycles. The largest absolute Gasteiger partial charge is 0.480 e. The van der Waals surface area contributed by atoms with Crippen molar-refractivity contribution in [2.24, 2.45) is 0 Å². The molecular formula is C12H20N2O6. The molecule has 0 heterocycles. The maximum Gasteiger partial charge on any atom is 0.326 e. The zero-order valence-corrected chi connectivity index (χ0v) is 11.4. The first-order valence-corrected chi connectivity index (χ1v) is 6.03. The fraction of sp³-hybridized carbons (Fsp3) is 0.583. The highest BCUT2D eigenvalue weighted by atomic mass is 16.5. The van der Waals surface area contributed by atoms with Crippen LogP contribution < -0.4 is 5.32 Å². The number of carboxylic acid groups (broad SMARTS) is 1. The van der Waals surface area contributed by atoms with E-state index in [0.717, 1.165) is 0 Å². The molecule has 0 aliphatic carbocycles. The minimum atomic E-state index is -1.25. The van der Waals surface area contributed by atoms with Crippen LogP contribution in [0.2, 0.25) is 0 Å². The van der Waals surface area contributed by atoms with Gasteiger partial charge in [-0.3, -0.25) is 4.79 Å². The first kappa shape index (κ1) is 17.9. The van der Waals surface area contributed by atoms with Crippen LogP contribution in [0.15, 0.2) is 12.7 Å². The normalized spacial score (nSPS) is 11.3. The van der Waals surface area contributed by atoms with Gasteiger partial charge in [0, 0.05) is 19.5 Å². The van der Waals surface area contributed by atoms with Crippen molar-refractivity contribution in [3.05, 3.63) is 12.7 Å². The van der Waals surface area contributed by atoms with Gasteiger partial charge in [0.2, 0.25) is 0 Å². The minimum absolute atomic E-state index is 0.0567. The van der Waals surface area contributed by atoms with Crippen molar-refractivity contribution in [3.8, 4) is 0 Å². The third-order valence-corrected chi connectivity index (χ3v) is 2.47. The van der Waals surface area contributed by atoms with Gasteiger partial charge in [-0.1, -0.05) is 6.08 Å². The number of hydrogen-bond donors (Lipinski definition) is 3. The van der Waals surface area contributed by atoms with Gasteiger partial charge in [0.15, 0.2) is 0 Å². The van der Waals surface area contributed by atoms with Crippen molar-refractivity contribution < 1.29 is 29.3 Å². The van der Waals surface area contributed by atoms with E-state index in [4.69, 9.17) is 10.2 Å². The molecule has 0 aliphatic heterocycles. The number of amides is 2. The van der Waals surface area contributed by atoms with Crippen LogP contribution in [0.4, 0.5) is 4.79 Å². The van der Waals surface area contributed by atoms with E-state index < -0.39 is 24.0 Å². The summed E-state index contributed by atoms with van der Waals surface area (Å²) in [5.74, 6) is -1.80. The number of aliphatic carboxylic acids is 1. The molecule has 8 heteroatoms. The van der Waals surface area contributed by atoms with Gasteiger partial charge in [-0.25, -0.2) is 9.59 Å². The van der Waals surface area contributed by atoms with Crippen LogP contribution >= 0.6 is 0 Å². The smallest absolute Gasteiger partial charge is 0.326 e. The molecule has 0 bridgehead atoms. The fourth-order valence-corrected chi connectivity index (χ4v) is 1.41. The second-order valence-corrected chi connectivity index (χ2v) is 3.91. The number of aliphatic hydroxyl groups excluding tert-OH is 1. The summed E-state index contributed by atoms with van der Waals surface area (Å²) in [6, 6.07) is -1.84. The number of methoxy groups -OCH3 is 1. The third kappa shape index (κ3) is 6.74. The Morgan fingerprint density at radius 3 is 2.55 bits per heavy atom. The summed E-state index contributed by atoms with van der Waals surface area (Å²) < 4.78 is 4.41. The number of esters is 1. The van der Waals surface area contributed by atoms with E-state index in [1.807, 2.05) is 0 Å². The highest BCUT2D eigenvalue weighted by molar-refractivity contribution is 5.83. The van der Waals surface area contributed by atoms with Crippen LogP contribution in [0.1, 0.15) is 12.8 Å². The number of carbonyl (C=O) groups excluding carboxylic acids is 2. The molecule has 2 amide bonds. The molecule has 0 aromatic heterocycles. The third-order valence-electron chi connectivity index (χ3n) is 2.47. The van der Waals surface area contributed by atoms with E-state index in [0.29, 0.717) is 0 Å². The molecule has 0 saturated heterocycles. The molecule has 8 nitrogen and oxygen atoms in total. The highest BCUT2D eigenvalue weighted by Crippen LogP contribution is 2.01. The van der Waals surface area contributed by atoms with Gasteiger partial charge in [-0.2, -0.15) is 0 Å². The fourth-order valence-electron chi connectivity index (χ4n) is 1.41.